The van der Waals surface area contributed by atoms with Crippen LogP contribution in [0.25, 0.3) is 12.2 Å². The lowest BCUT2D eigenvalue weighted by Gasteiger charge is -2.16. The molecule has 2 heterocycles. The molecule has 0 unspecified atom stereocenters. The van der Waals surface area contributed by atoms with E-state index in [9.17, 15) is 54.6 Å². The molecule has 6 rings (SSSR count). The minimum Gasteiger partial charge on any atom is -0.748 e. The third kappa shape index (κ3) is 10.5. The van der Waals surface area contributed by atoms with E-state index in [4.69, 9.17) is 4.18 Å². The number of benzene rings is 4. The van der Waals surface area contributed by atoms with Crippen LogP contribution in [0.4, 0.5) is 22.7 Å². The maximum atomic E-state index is 13.8. The maximum Gasteiger partial charge on any atom is 0.346 e. The van der Waals surface area contributed by atoms with Gasteiger partial charge in [0.1, 0.15) is 18.8 Å². The van der Waals surface area contributed by atoms with Gasteiger partial charge in [-0.25, -0.2) is 16.8 Å². The molecule has 0 bridgehead atoms. The van der Waals surface area contributed by atoms with Gasteiger partial charge in [-0.15, -0.1) is 0 Å². The van der Waals surface area contributed by atoms with Crippen LogP contribution < -0.4 is 4.18 Å². The van der Waals surface area contributed by atoms with Crippen molar-refractivity contribution in [2.45, 2.75) is 69.1 Å². The molecule has 20 heteroatoms. The maximum absolute atomic E-state index is 13.8. The zero-order valence-electron chi connectivity index (χ0n) is 35.4. The average molecular weight is 935 g/mol. The summed E-state index contributed by atoms with van der Waals surface area (Å²) in [7, 11) is -13.8. The number of para-hydroxylation sites is 2. The van der Waals surface area contributed by atoms with Crippen molar-refractivity contribution in [3.05, 3.63) is 140 Å². The second kappa shape index (κ2) is 18.3. The van der Waals surface area contributed by atoms with Gasteiger partial charge in [0.05, 0.1) is 47.0 Å². The standard InChI is InChI=1S/C44H46N4O13S3/c1-43(2)34-13-5-7-15-36(34)45(25-9-11-27-62(53,54)55)41(43)23-18-31-17-21-39(61-64(59,60)40-22-20-33(47(49)50)30-38(40)48(51)52)32(29-31)19-24-42-44(3,4)35-14-6-8-16-37(35)46(42)26-10-12-28-63(56,57)58/h5-8,13-24,29-30H,9-12,25-28H2,1-4H3/b23-18+,24-19+. The van der Waals surface area contributed by atoms with Gasteiger partial charge in [-0.2, -0.15) is 17.6 Å². The van der Waals surface area contributed by atoms with Gasteiger partial charge < -0.3 is 13.3 Å². The number of allylic oxidation sites excluding steroid dienone is 2. The summed E-state index contributed by atoms with van der Waals surface area (Å²) in [4.78, 5) is 20.5. The first-order valence-electron chi connectivity index (χ1n) is 20.1. The van der Waals surface area contributed by atoms with Crippen molar-refractivity contribution in [1.29, 1.82) is 0 Å². The molecular formula is C44H46N4O13S3. The molecule has 338 valence electrons. The number of nitrogens with zero attached hydrogens (tertiary/aromatic N) is 4. The second-order valence-corrected chi connectivity index (χ2v) is 21.0. The van der Waals surface area contributed by atoms with Gasteiger partial charge in [0.2, 0.25) is 11.4 Å². The Balaban J connectivity index is 1.45. The van der Waals surface area contributed by atoms with Gasteiger partial charge in [0.15, 0.2) is 16.3 Å². The molecule has 2 aliphatic heterocycles. The summed E-state index contributed by atoms with van der Waals surface area (Å²) >= 11 is 0. The molecule has 0 saturated carbocycles. The molecule has 0 saturated heterocycles. The number of rotatable bonds is 19. The molecule has 4 aromatic rings. The molecular weight excluding hydrogens is 889 g/mol. The topological polar surface area (TPSA) is 250 Å². The number of nitro benzene ring substituents is 2. The average Bonchev–Trinajstić information content (AvgIpc) is 3.56. The molecule has 0 radical (unpaired) electrons. The Morgan fingerprint density at radius 1 is 0.609 bits per heavy atom. The number of non-ortho nitro benzene ring substituents is 1. The minimum atomic E-state index is -4.98. The fourth-order valence-electron chi connectivity index (χ4n) is 8.22. The highest BCUT2D eigenvalue weighted by Gasteiger charge is 2.45. The van der Waals surface area contributed by atoms with E-state index in [0.29, 0.717) is 37.6 Å². The van der Waals surface area contributed by atoms with Crippen molar-refractivity contribution >= 4 is 76.7 Å². The van der Waals surface area contributed by atoms with Gasteiger partial charge in [-0.05, 0) is 76.5 Å². The normalized spacial score (nSPS) is 15.8. The van der Waals surface area contributed by atoms with Crippen molar-refractivity contribution in [2.75, 3.05) is 24.6 Å². The van der Waals surface area contributed by atoms with Gasteiger partial charge >= 0.3 is 10.1 Å². The number of fused-ring (bicyclic) bond motifs is 2. The van der Waals surface area contributed by atoms with Crippen LogP contribution in [-0.2, 0) is 41.2 Å². The summed E-state index contributed by atoms with van der Waals surface area (Å²) in [5.74, 6) is -1.23. The molecule has 0 spiro atoms. The SMILES string of the molecule is CC1(C)C(/C=C/c2ccc(OS(=O)(=O)c3ccc([N+](=O)[O-])cc3[N+](=O)[O-])c(/C=C/C3=[N+](CCCCS(=O)(=O)[O-])c4ccccc4C3(C)C)c2)=[N+](CCCCS(=O)(=O)[O-])c2ccccc21. The van der Waals surface area contributed by atoms with Gasteiger partial charge in [-0.3, -0.25) is 20.2 Å². The van der Waals surface area contributed by atoms with Crippen molar-refractivity contribution in [3.63, 3.8) is 0 Å². The predicted molar refractivity (Wildman–Crippen MR) is 238 cm³/mol. The molecule has 0 N–H and O–H groups in total. The zero-order valence-corrected chi connectivity index (χ0v) is 37.8. The predicted octanol–water partition coefficient (Wildman–Crippen LogP) is 7.10. The summed E-state index contributed by atoms with van der Waals surface area (Å²) < 4.78 is 105. The number of hydrogen-bond acceptors (Lipinski definition) is 13. The Morgan fingerprint density at radius 2 is 1.11 bits per heavy atom. The molecule has 0 fully saturated rings. The van der Waals surface area contributed by atoms with E-state index in [1.54, 1.807) is 24.3 Å². The Bertz CT molecular complexity index is 3010. The quantitative estimate of drug-likeness (QED) is 0.0227. The highest BCUT2D eigenvalue weighted by Crippen LogP contribution is 2.42. The van der Waals surface area contributed by atoms with E-state index < -0.39 is 78.8 Å². The molecule has 4 aromatic carbocycles. The largest absolute Gasteiger partial charge is 0.748 e. The molecule has 0 amide bonds. The van der Waals surface area contributed by atoms with Crippen molar-refractivity contribution in [3.8, 4) is 5.75 Å². The fourth-order valence-corrected chi connectivity index (χ4v) is 10.4. The molecule has 0 atom stereocenters. The van der Waals surface area contributed by atoms with E-state index in [1.807, 2.05) is 93.0 Å². The highest BCUT2D eigenvalue weighted by atomic mass is 32.2. The van der Waals surface area contributed by atoms with Crippen LogP contribution in [0.3, 0.4) is 0 Å². The Kier molecular flexibility index (Phi) is 13.6. The lowest BCUT2D eigenvalue weighted by molar-refractivity contribution is -0.438. The number of nitro groups is 2. The number of hydrogen-bond donors (Lipinski definition) is 0. The first-order chi connectivity index (χ1) is 29.9. The van der Waals surface area contributed by atoms with Gasteiger partial charge in [0, 0.05) is 71.4 Å². The van der Waals surface area contributed by atoms with E-state index in [1.165, 1.54) is 6.07 Å². The van der Waals surface area contributed by atoms with Crippen molar-refractivity contribution in [1.82, 2.24) is 0 Å². The molecule has 64 heavy (non-hydrogen) atoms. The third-order valence-electron chi connectivity index (χ3n) is 11.4. The van der Waals surface area contributed by atoms with E-state index in [2.05, 4.69) is 4.58 Å². The van der Waals surface area contributed by atoms with Crippen LogP contribution in [0.1, 0.15) is 75.6 Å². The lowest BCUT2D eigenvalue weighted by atomic mass is 9.81. The lowest BCUT2D eigenvalue weighted by Crippen LogP contribution is -2.28. The zero-order chi connectivity index (χ0) is 46.8. The van der Waals surface area contributed by atoms with Crippen molar-refractivity contribution < 1.29 is 57.5 Å². The summed E-state index contributed by atoms with van der Waals surface area (Å²) in [5, 5.41) is 23.4. The van der Waals surface area contributed by atoms with Crippen LogP contribution in [0.5, 0.6) is 5.75 Å². The van der Waals surface area contributed by atoms with E-state index in [0.717, 1.165) is 46.1 Å². The summed E-state index contributed by atoms with van der Waals surface area (Å²) in [6.07, 6.45) is 8.19. The second-order valence-electron chi connectivity index (χ2n) is 16.5. The Labute approximate surface area is 371 Å². The first kappa shape index (κ1) is 47.5. The van der Waals surface area contributed by atoms with E-state index >= 15 is 0 Å². The summed E-state index contributed by atoms with van der Waals surface area (Å²) in [5.41, 5.74) is 3.31. The highest BCUT2D eigenvalue weighted by molar-refractivity contribution is 7.87. The summed E-state index contributed by atoms with van der Waals surface area (Å²) in [6.45, 7) is 8.84. The van der Waals surface area contributed by atoms with Gasteiger partial charge in [-0.1, -0.05) is 42.5 Å². The van der Waals surface area contributed by atoms with E-state index in [-0.39, 0.29) is 24.2 Å². The Hall–Kier alpha value is -5.93. The third-order valence-corrected chi connectivity index (χ3v) is 14.2. The van der Waals surface area contributed by atoms with Gasteiger partial charge in [0.25, 0.3) is 11.4 Å². The van der Waals surface area contributed by atoms with Crippen LogP contribution in [0, 0.1) is 20.2 Å². The number of unbranched alkanes of at least 4 members (excludes halogenated alkanes) is 2. The van der Waals surface area contributed by atoms with Crippen molar-refractivity contribution in [2.24, 2.45) is 0 Å². The molecule has 2 aliphatic rings. The summed E-state index contributed by atoms with van der Waals surface area (Å²) in [6, 6.07) is 22.1. The van der Waals surface area contributed by atoms with Crippen LogP contribution >= 0.6 is 0 Å². The fraction of sp³-hybridized carbons (Fsp3) is 0.318. The molecule has 0 aliphatic carbocycles. The monoisotopic (exact) mass is 934 g/mol. The molecule has 0 aromatic heterocycles. The Morgan fingerprint density at radius 3 is 1.59 bits per heavy atom. The minimum absolute atomic E-state index is 0.126. The molecule has 17 nitrogen and oxygen atoms in total. The van der Waals surface area contributed by atoms with Crippen LogP contribution in [0.2, 0.25) is 0 Å². The van der Waals surface area contributed by atoms with Crippen LogP contribution in [-0.4, -0.2) is 89.4 Å². The van der Waals surface area contributed by atoms with Crippen LogP contribution in [0.15, 0.2) is 102 Å². The smallest absolute Gasteiger partial charge is 0.346 e. The first-order valence-corrected chi connectivity index (χ1v) is 24.7.